The molecule has 1 aliphatic carbocycles. The van der Waals surface area contributed by atoms with Gasteiger partial charge in [0.25, 0.3) is 0 Å². The Kier molecular flexibility index (Phi) is 2.70. The normalized spacial score (nSPS) is 14.8. The predicted octanol–water partition coefficient (Wildman–Crippen LogP) is 3.96. The maximum Gasteiger partial charge on any atom is 0.168 e. The van der Waals surface area contributed by atoms with E-state index in [1.54, 1.807) is 6.07 Å². The Morgan fingerprint density at radius 1 is 1.28 bits per heavy atom. The lowest BCUT2D eigenvalue weighted by molar-refractivity contribution is 0.511. The van der Waals surface area contributed by atoms with Crippen LogP contribution in [0.4, 0.5) is 8.78 Å². The third-order valence-electron chi connectivity index (χ3n) is 2.97. The summed E-state index contributed by atoms with van der Waals surface area (Å²) in [5.74, 6) is -0.586. The molecule has 1 saturated carbocycles. The monoisotopic (exact) mass is 264 g/mol. The molecule has 1 aliphatic rings. The molecular weight excluding hydrogens is 254 g/mol. The first kappa shape index (κ1) is 11.5. The molecule has 1 fully saturated rings. The van der Waals surface area contributed by atoms with Crippen LogP contribution >= 0.6 is 12.2 Å². The maximum atomic E-state index is 13.7. The number of rotatable bonds is 2. The summed E-state index contributed by atoms with van der Waals surface area (Å²) < 4.78 is 27.3. The molecule has 0 bridgehead atoms. The molecule has 1 heterocycles. The first-order valence-corrected chi connectivity index (χ1v) is 6.11. The average molecular weight is 264 g/mol. The fourth-order valence-electron chi connectivity index (χ4n) is 1.88. The summed E-state index contributed by atoms with van der Waals surface area (Å²) >= 11 is 5.06. The molecule has 0 unspecified atom stereocenters. The molecule has 0 atom stereocenters. The summed E-state index contributed by atoms with van der Waals surface area (Å²) in [6, 6.07) is 5.65. The van der Waals surface area contributed by atoms with E-state index in [9.17, 15) is 8.78 Å². The van der Waals surface area contributed by atoms with Gasteiger partial charge in [-0.3, -0.25) is 0 Å². The van der Waals surface area contributed by atoms with Gasteiger partial charge in [-0.05, 0) is 31.0 Å². The van der Waals surface area contributed by atoms with Gasteiger partial charge in [0, 0.05) is 11.5 Å². The fraction of sp³-hybridized carbons (Fsp3) is 0.231. The van der Waals surface area contributed by atoms with Gasteiger partial charge in [-0.15, -0.1) is 0 Å². The Morgan fingerprint density at radius 3 is 2.78 bits per heavy atom. The maximum absolute atomic E-state index is 13.7. The number of benzene rings is 1. The molecule has 0 saturated heterocycles. The highest BCUT2D eigenvalue weighted by molar-refractivity contribution is 7.71. The van der Waals surface area contributed by atoms with Gasteiger partial charge >= 0.3 is 0 Å². The molecule has 0 aliphatic heterocycles. The van der Waals surface area contributed by atoms with E-state index in [1.807, 2.05) is 0 Å². The van der Waals surface area contributed by atoms with E-state index >= 15 is 0 Å². The van der Waals surface area contributed by atoms with E-state index in [0.29, 0.717) is 16.3 Å². The van der Waals surface area contributed by atoms with Crippen LogP contribution in [0.15, 0.2) is 24.3 Å². The van der Waals surface area contributed by atoms with Crippen LogP contribution in [0, 0.1) is 16.3 Å². The molecule has 0 amide bonds. The van der Waals surface area contributed by atoms with Crippen molar-refractivity contribution in [2.45, 2.75) is 18.8 Å². The van der Waals surface area contributed by atoms with E-state index in [1.165, 1.54) is 12.1 Å². The Balaban J connectivity index is 2.16. The molecule has 1 aromatic heterocycles. The van der Waals surface area contributed by atoms with Crippen molar-refractivity contribution in [3.8, 4) is 11.3 Å². The summed E-state index contributed by atoms with van der Waals surface area (Å²) in [4.78, 5) is 7.26. The molecular formula is C13H10F2N2S. The highest BCUT2D eigenvalue weighted by Crippen LogP contribution is 2.38. The molecule has 2 nitrogen and oxygen atoms in total. The van der Waals surface area contributed by atoms with Gasteiger partial charge in [0.1, 0.15) is 10.5 Å². The van der Waals surface area contributed by atoms with E-state index in [4.69, 9.17) is 12.2 Å². The second kappa shape index (κ2) is 4.24. The molecule has 0 spiro atoms. The Labute approximate surface area is 108 Å². The lowest BCUT2D eigenvalue weighted by Gasteiger charge is -2.06. The molecule has 0 radical (unpaired) electrons. The van der Waals surface area contributed by atoms with Crippen LogP contribution in [0.25, 0.3) is 11.3 Å². The number of hydrogen-bond donors (Lipinski definition) is 1. The van der Waals surface area contributed by atoms with Crippen molar-refractivity contribution in [2.75, 3.05) is 0 Å². The smallest absolute Gasteiger partial charge is 0.168 e. The summed E-state index contributed by atoms with van der Waals surface area (Å²) in [7, 11) is 0. The number of H-pyrrole nitrogens is 1. The average Bonchev–Trinajstić information content (AvgIpc) is 3.16. The molecule has 5 heteroatoms. The van der Waals surface area contributed by atoms with E-state index in [-0.39, 0.29) is 5.56 Å². The first-order chi connectivity index (χ1) is 8.65. The second-order valence-electron chi connectivity index (χ2n) is 4.39. The topological polar surface area (TPSA) is 28.7 Å². The summed E-state index contributed by atoms with van der Waals surface area (Å²) in [5, 5.41) is 0. The van der Waals surface area contributed by atoms with Gasteiger partial charge in [0.05, 0.1) is 5.69 Å². The summed E-state index contributed by atoms with van der Waals surface area (Å²) in [6.07, 6.45) is 2.13. The lowest BCUT2D eigenvalue weighted by Crippen LogP contribution is -1.97. The van der Waals surface area contributed by atoms with Crippen LogP contribution in [0.1, 0.15) is 24.6 Å². The number of halogens is 2. The minimum absolute atomic E-state index is 0.186. The number of aromatic nitrogens is 2. The van der Waals surface area contributed by atoms with Gasteiger partial charge in [-0.2, -0.15) is 0 Å². The van der Waals surface area contributed by atoms with Crippen molar-refractivity contribution in [1.82, 2.24) is 9.97 Å². The van der Waals surface area contributed by atoms with Gasteiger partial charge in [-0.1, -0.05) is 18.3 Å². The zero-order valence-corrected chi connectivity index (χ0v) is 10.2. The van der Waals surface area contributed by atoms with Crippen LogP contribution < -0.4 is 0 Å². The SMILES string of the molecule is Fc1cccc(-c2cc(=S)nc(C3CC3)[nH]2)c1F. The highest BCUT2D eigenvalue weighted by Gasteiger charge is 2.26. The van der Waals surface area contributed by atoms with Crippen LogP contribution in [-0.2, 0) is 0 Å². The lowest BCUT2D eigenvalue weighted by atomic mass is 10.1. The minimum atomic E-state index is -0.865. The van der Waals surface area contributed by atoms with Gasteiger partial charge < -0.3 is 4.98 Å². The highest BCUT2D eigenvalue weighted by atomic mass is 32.1. The van der Waals surface area contributed by atoms with Crippen LogP contribution in [0.2, 0.25) is 0 Å². The predicted molar refractivity (Wildman–Crippen MR) is 66.7 cm³/mol. The first-order valence-electron chi connectivity index (χ1n) is 5.71. The molecule has 3 rings (SSSR count). The number of nitrogens with one attached hydrogen (secondary N) is 1. The molecule has 1 N–H and O–H groups in total. The van der Waals surface area contributed by atoms with Crippen LogP contribution in [0.3, 0.4) is 0 Å². The van der Waals surface area contributed by atoms with Crippen molar-refractivity contribution in [3.05, 3.63) is 46.4 Å². The van der Waals surface area contributed by atoms with E-state index < -0.39 is 11.6 Å². The van der Waals surface area contributed by atoms with Crippen molar-refractivity contribution < 1.29 is 8.78 Å². The summed E-state index contributed by atoms with van der Waals surface area (Å²) in [6.45, 7) is 0. The number of aromatic amines is 1. The molecule has 2 aromatic rings. The zero-order chi connectivity index (χ0) is 12.7. The fourth-order valence-corrected chi connectivity index (χ4v) is 2.10. The van der Waals surface area contributed by atoms with Crippen molar-refractivity contribution in [2.24, 2.45) is 0 Å². The molecule has 18 heavy (non-hydrogen) atoms. The quantitative estimate of drug-likeness (QED) is 0.832. The standard InChI is InChI=1S/C13H10F2N2S/c14-9-3-1-2-8(12(9)15)10-6-11(18)17-13(16-10)7-4-5-7/h1-3,6-7H,4-5H2,(H,16,17,18). The van der Waals surface area contributed by atoms with Crippen LogP contribution in [-0.4, -0.2) is 9.97 Å². The minimum Gasteiger partial charge on any atom is -0.343 e. The Morgan fingerprint density at radius 2 is 2.06 bits per heavy atom. The molecule has 92 valence electrons. The summed E-state index contributed by atoms with van der Waals surface area (Å²) in [5.41, 5.74) is 0.666. The van der Waals surface area contributed by atoms with Crippen LogP contribution in [0.5, 0.6) is 0 Å². The van der Waals surface area contributed by atoms with E-state index in [0.717, 1.165) is 24.7 Å². The van der Waals surface area contributed by atoms with Gasteiger partial charge in [0.2, 0.25) is 0 Å². The third kappa shape index (κ3) is 2.06. The second-order valence-corrected chi connectivity index (χ2v) is 4.81. The van der Waals surface area contributed by atoms with E-state index in [2.05, 4.69) is 9.97 Å². The largest absolute Gasteiger partial charge is 0.343 e. The number of nitrogens with zero attached hydrogens (tertiary/aromatic N) is 1. The van der Waals surface area contributed by atoms with Gasteiger partial charge in [-0.25, -0.2) is 13.8 Å². The third-order valence-corrected chi connectivity index (χ3v) is 3.18. The van der Waals surface area contributed by atoms with Gasteiger partial charge in [0.15, 0.2) is 11.6 Å². The zero-order valence-electron chi connectivity index (χ0n) is 9.41. The molecule has 1 aromatic carbocycles. The number of hydrogen-bond acceptors (Lipinski definition) is 2. The van der Waals surface area contributed by atoms with Crippen molar-refractivity contribution in [3.63, 3.8) is 0 Å². The Bertz CT molecular complexity index is 662. The Hall–Kier alpha value is -1.62. The van der Waals surface area contributed by atoms with Crippen molar-refractivity contribution >= 4 is 12.2 Å². The van der Waals surface area contributed by atoms with Crippen molar-refractivity contribution in [1.29, 1.82) is 0 Å².